The van der Waals surface area contributed by atoms with Crippen molar-refractivity contribution in [2.24, 2.45) is 0 Å². The minimum absolute atomic E-state index is 0.301. The van der Waals surface area contributed by atoms with E-state index in [1.165, 1.54) is 0 Å². The summed E-state index contributed by atoms with van der Waals surface area (Å²) in [5, 5.41) is 10.4. The minimum Gasteiger partial charge on any atom is -0.508 e. The SMILES string of the molecule is CN(Cc1cc(Cl)ccc1O)C1CCOC1. The summed E-state index contributed by atoms with van der Waals surface area (Å²) >= 11 is 5.91. The molecule has 1 aliphatic heterocycles. The zero-order valence-corrected chi connectivity index (χ0v) is 10.1. The molecular formula is C12H16ClNO2. The van der Waals surface area contributed by atoms with Gasteiger partial charge in [0.1, 0.15) is 5.75 Å². The van der Waals surface area contributed by atoms with E-state index in [1.807, 2.05) is 13.1 Å². The van der Waals surface area contributed by atoms with E-state index in [0.29, 0.717) is 23.4 Å². The fourth-order valence-corrected chi connectivity index (χ4v) is 2.14. The molecule has 1 atom stereocenters. The van der Waals surface area contributed by atoms with Crippen molar-refractivity contribution in [1.82, 2.24) is 4.90 Å². The second-order valence-electron chi connectivity index (χ2n) is 4.21. The van der Waals surface area contributed by atoms with Crippen LogP contribution in [0.1, 0.15) is 12.0 Å². The molecule has 88 valence electrons. The smallest absolute Gasteiger partial charge is 0.120 e. The molecule has 0 bridgehead atoms. The molecular weight excluding hydrogens is 226 g/mol. The van der Waals surface area contributed by atoms with Crippen LogP contribution in [0, 0.1) is 0 Å². The van der Waals surface area contributed by atoms with E-state index in [4.69, 9.17) is 16.3 Å². The molecule has 1 aromatic carbocycles. The van der Waals surface area contributed by atoms with Crippen molar-refractivity contribution >= 4 is 11.6 Å². The number of hydrogen-bond acceptors (Lipinski definition) is 3. The van der Waals surface area contributed by atoms with Crippen LogP contribution < -0.4 is 0 Å². The van der Waals surface area contributed by atoms with Gasteiger partial charge >= 0.3 is 0 Å². The van der Waals surface area contributed by atoms with E-state index >= 15 is 0 Å². The summed E-state index contributed by atoms with van der Waals surface area (Å²) in [5.41, 5.74) is 0.863. The Morgan fingerprint density at radius 3 is 3.06 bits per heavy atom. The Kier molecular flexibility index (Phi) is 3.69. The summed E-state index contributed by atoms with van der Waals surface area (Å²) in [4.78, 5) is 2.19. The number of halogens is 1. The average Bonchev–Trinajstić information content (AvgIpc) is 2.76. The first-order valence-electron chi connectivity index (χ1n) is 5.42. The second-order valence-corrected chi connectivity index (χ2v) is 4.64. The highest BCUT2D eigenvalue weighted by Crippen LogP contribution is 2.24. The van der Waals surface area contributed by atoms with Gasteiger partial charge in [-0.1, -0.05) is 11.6 Å². The summed E-state index contributed by atoms with van der Waals surface area (Å²) in [6, 6.07) is 5.58. The van der Waals surface area contributed by atoms with E-state index < -0.39 is 0 Å². The van der Waals surface area contributed by atoms with Crippen molar-refractivity contribution in [2.75, 3.05) is 20.3 Å². The second kappa shape index (κ2) is 5.04. The standard InChI is InChI=1S/C12H16ClNO2/c1-14(11-4-5-16-8-11)7-9-6-10(13)2-3-12(9)15/h2-3,6,11,15H,4-5,7-8H2,1H3. The molecule has 2 rings (SSSR count). The van der Waals surface area contributed by atoms with Crippen LogP contribution in [0.5, 0.6) is 5.75 Å². The number of likely N-dealkylation sites (N-methyl/N-ethyl adjacent to an activating group) is 1. The van der Waals surface area contributed by atoms with E-state index in [9.17, 15) is 5.11 Å². The number of benzene rings is 1. The molecule has 4 heteroatoms. The lowest BCUT2D eigenvalue weighted by atomic mass is 10.1. The lowest BCUT2D eigenvalue weighted by Crippen LogP contribution is -2.31. The lowest BCUT2D eigenvalue weighted by Gasteiger charge is -2.23. The largest absolute Gasteiger partial charge is 0.508 e. The van der Waals surface area contributed by atoms with Crippen molar-refractivity contribution in [1.29, 1.82) is 0 Å². The fourth-order valence-electron chi connectivity index (χ4n) is 1.95. The van der Waals surface area contributed by atoms with Gasteiger partial charge in [-0.3, -0.25) is 4.90 Å². The van der Waals surface area contributed by atoms with Gasteiger partial charge in [0.2, 0.25) is 0 Å². The van der Waals surface area contributed by atoms with E-state index in [1.54, 1.807) is 12.1 Å². The van der Waals surface area contributed by atoms with E-state index in [2.05, 4.69) is 4.90 Å². The van der Waals surface area contributed by atoms with E-state index in [0.717, 1.165) is 25.2 Å². The Hall–Kier alpha value is -0.770. The van der Waals surface area contributed by atoms with Crippen LogP contribution >= 0.6 is 11.6 Å². The average molecular weight is 242 g/mol. The zero-order valence-electron chi connectivity index (χ0n) is 9.32. The van der Waals surface area contributed by atoms with Crippen LogP contribution in [0.3, 0.4) is 0 Å². The van der Waals surface area contributed by atoms with Crippen molar-refractivity contribution in [2.45, 2.75) is 19.0 Å². The van der Waals surface area contributed by atoms with Crippen LogP contribution in [0.4, 0.5) is 0 Å². The van der Waals surface area contributed by atoms with Gasteiger partial charge in [0, 0.05) is 29.8 Å². The van der Waals surface area contributed by atoms with Gasteiger partial charge in [-0.05, 0) is 31.7 Å². The van der Waals surface area contributed by atoms with Gasteiger partial charge in [0.05, 0.1) is 6.61 Å². The highest BCUT2D eigenvalue weighted by molar-refractivity contribution is 6.30. The van der Waals surface area contributed by atoms with Crippen molar-refractivity contribution in [3.63, 3.8) is 0 Å². The third kappa shape index (κ3) is 2.67. The highest BCUT2D eigenvalue weighted by atomic mass is 35.5. The highest BCUT2D eigenvalue weighted by Gasteiger charge is 2.20. The van der Waals surface area contributed by atoms with Gasteiger partial charge in [0.15, 0.2) is 0 Å². The molecule has 0 aromatic heterocycles. The molecule has 0 radical (unpaired) electrons. The first kappa shape index (κ1) is 11.7. The van der Waals surface area contributed by atoms with Gasteiger partial charge in [-0.15, -0.1) is 0 Å². The van der Waals surface area contributed by atoms with Crippen LogP contribution in [0.25, 0.3) is 0 Å². The Morgan fingerprint density at radius 2 is 2.38 bits per heavy atom. The van der Waals surface area contributed by atoms with Gasteiger partial charge in [0.25, 0.3) is 0 Å². The number of aromatic hydroxyl groups is 1. The maximum Gasteiger partial charge on any atom is 0.120 e. The zero-order chi connectivity index (χ0) is 11.5. The summed E-state index contributed by atoms with van der Waals surface area (Å²) in [6.45, 7) is 2.30. The van der Waals surface area contributed by atoms with Crippen LogP contribution in [0.15, 0.2) is 18.2 Å². The molecule has 1 N–H and O–H groups in total. The molecule has 1 unspecified atom stereocenters. The third-order valence-corrected chi connectivity index (χ3v) is 3.23. The quantitative estimate of drug-likeness (QED) is 0.881. The summed E-state index contributed by atoms with van der Waals surface area (Å²) in [5.74, 6) is 0.301. The first-order chi connectivity index (χ1) is 7.66. The molecule has 0 saturated carbocycles. The molecule has 16 heavy (non-hydrogen) atoms. The number of phenols is 1. The molecule has 1 aromatic rings. The Bertz CT molecular complexity index is 364. The third-order valence-electron chi connectivity index (χ3n) is 2.99. The topological polar surface area (TPSA) is 32.7 Å². The van der Waals surface area contributed by atoms with Gasteiger partial charge < -0.3 is 9.84 Å². The number of nitrogens with zero attached hydrogens (tertiary/aromatic N) is 1. The Labute approximate surface area is 101 Å². The fraction of sp³-hybridized carbons (Fsp3) is 0.500. The van der Waals surface area contributed by atoms with Crippen LogP contribution in [-0.4, -0.2) is 36.3 Å². The van der Waals surface area contributed by atoms with Gasteiger partial charge in [-0.2, -0.15) is 0 Å². The minimum atomic E-state index is 0.301. The predicted molar refractivity (Wildman–Crippen MR) is 63.8 cm³/mol. The summed E-state index contributed by atoms with van der Waals surface area (Å²) in [7, 11) is 2.04. The molecule has 0 aliphatic carbocycles. The van der Waals surface area contributed by atoms with Crippen molar-refractivity contribution < 1.29 is 9.84 Å². The number of ether oxygens (including phenoxy) is 1. The Balaban J connectivity index is 2.04. The van der Waals surface area contributed by atoms with Crippen LogP contribution in [-0.2, 0) is 11.3 Å². The summed E-state index contributed by atoms with van der Waals surface area (Å²) in [6.07, 6.45) is 1.05. The predicted octanol–water partition coefficient (Wildman–Crippen LogP) is 2.27. The number of phenolic OH excluding ortho intramolecular Hbond substituents is 1. The Morgan fingerprint density at radius 1 is 1.56 bits per heavy atom. The molecule has 1 fully saturated rings. The maximum absolute atomic E-state index is 9.71. The normalized spacial score (nSPS) is 20.6. The van der Waals surface area contributed by atoms with Crippen LogP contribution in [0.2, 0.25) is 5.02 Å². The van der Waals surface area contributed by atoms with E-state index in [-0.39, 0.29) is 0 Å². The van der Waals surface area contributed by atoms with Gasteiger partial charge in [-0.25, -0.2) is 0 Å². The first-order valence-corrected chi connectivity index (χ1v) is 5.80. The summed E-state index contributed by atoms with van der Waals surface area (Å²) < 4.78 is 5.34. The molecule has 1 heterocycles. The van der Waals surface area contributed by atoms with Crippen molar-refractivity contribution in [3.8, 4) is 5.75 Å². The molecule has 0 spiro atoms. The van der Waals surface area contributed by atoms with Crippen molar-refractivity contribution in [3.05, 3.63) is 28.8 Å². The molecule has 1 aliphatic rings. The number of hydrogen-bond donors (Lipinski definition) is 1. The number of rotatable bonds is 3. The molecule has 0 amide bonds. The monoisotopic (exact) mass is 241 g/mol. The molecule has 1 saturated heterocycles. The lowest BCUT2D eigenvalue weighted by molar-refractivity contribution is 0.156. The maximum atomic E-state index is 9.71. The molecule has 3 nitrogen and oxygen atoms in total.